The van der Waals surface area contributed by atoms with Gasteiger partial charge >= 0.3 is 0 Å². The number of rotatable bonds is 5. The normalized spacial score (nSPS) is 16.4. The van der Waals surface area contributed by atoms with E-state index in [0.29, 0.717) is 59.0 Å². The van der Waals surface area contributed by atoms with E-state index in [9.17, 15) is 14.0 Å². The van der Waals surface area contributed by atoms with Gasteiger partial charge in [-0.1, -0.05) is 11.6 Å². The molecule has 2 aromatic carbocycles. The summed E-state index contributed by atoms with van der Waals surface area (Å²) in [5, 5.41) is 3.35. The first-order chi connectivity index (χ1) is 13.9. The number of ether oxygens (including phenoxy) is 1. The zero-order chi connectivity index (χ0) is 21.0. The van der Waals surface area contributed by atoms with Crippen molar-refractivity contribution in [2.75, 3.05) is 25.0 Å². The largest absolute Gasteiger partial charge is 0.491 e. The lowest BCUT2D eigenvalue weighted by Crippen LogP contribution is -2.43. The third kappa shape index (κ3) is 5.28. The van der Waals surface area contributed by atoms with E-state index in [0.717, 1.165) is 0 Å². The summed E-state index contributed by atoms with van der Waals surface area (Å²) in [6.07, 6.45) is 1.38. The highest BCUT2D eigenvalue weighted by atomic mass is 79.9. The summed E-state index contributed by atoms with van der Waals surface area (Å²) in [6.45, 7) is 3.15. The van der Waals surface area contributed by atoms with Crippen molar-refractivity contribution < 1.29 is 18.7 Å². The molecule has 1 fully saturated rings. The molecule has 1 aliphatic rings. The molecule has 1 heterocycles. The number of amides is 2. The van der Waals surface area contributed by atoms with Gasteiger partial charge in [-0.2, -0.15) is 0 Å². The van der Waals surface area contributed by atoms with Gasteiger partial charge in [0.15, 0.2) is 5.75 Å². The molecule has 0 bridgehead atoms. The Morgan fingerprint density at radius 1 is 1.31 bits per heavy atom. The molecular weight excluding hydrogens is 463 g/mol. The van der Waals surface area contributed by atoms with E-state index in [2.05, 4.69) is 21.2 Å². The summed E-state index contributed by atoms with van der Waals surface area (Å²) < 4.78 is 19.4. The minimum Gasteiger partial charge on any atom is -0.491 e. The van der Waals surface area contributed by atoms with Crippen LogP contribution in [0.15, 0.2) is 40.9 Å². The number of likely N-dealkylation sites (tertiary alicyclic amines) is 1. The highest BCUT2D eigenvalue weighted by Gasteiger charge is 2.29. The van der Waals surface area contributed by atoms with Crippen LogP contribution in [0.5, 0.6) is 5.75 Å². The SMILES string of the molecule is CCOc1c(Br)cc(Cl)cc1NC(=O)[C@H]1CCCN(C(=O)c2ccc(F)cc2)C1. The summed E-state index contributed by atoms with van der Waals surface area (Å²) >= 11 is 9.52. The number of hydrogen-bond acceptors (Lipinski definition) is 3. The fourth-order valence-electron chi connectivity index (χ4n) is 3.33. The molecule has 29 heavy (non-hydrogen) atoms. The Kier molecular flexibility index (Phi) is 7.14. The van der Waals surface area contributed by atoms with Crippen LogP contribution in [0.4, 0.5) is 10.1 Å². The fraction of sp³-hybridized carbons (Fsp3) is 0.333. The minimum atomic E-state index is -0.393. The van der Waals surface area contributed by atoms with Crippen molar-refractivity contribution in [2.24, 2.45) is 5.92 Å². The summed E-state index contributed by atoms with van der Waals surface area (Å²) in [6, 6.07) is 8.77. The molecule has 2 aromatic rings. The highest BCUT2D eigenvalue weighted by Crippen LogP contribution is 2.37. The molecule has 5 nitrogen and oxygen atoms in total. The summed E-state index contributed by atoms with van der Waals surface area (Å²) in [4.78, 5) is 27.2. The molecule has 1 saturated heterocycles. The second-order valence-corrected chi connectivity index (χ2v) is 8.07. The first-order valence-electron chi connectivity index (χ1n) is 9.36. The molecule has 1 aliphatic heterocycles. The van der Waals surface area contributed by atoms with Gasteiger partial charge in [0, 0.05) is 23.7 Å². The minimum absolute atomic E-state index is 0.197. The van der Waals surface area contributed by atoms with Crippen LogP contribution >= 0.6 is 27.5 Å². The molecule has 0 spiro atoms. The summed E-state index contributed by atoms with van der Waals surface area (Å²) in [5.41, 5.74) is 0.892. The van der Waals surface area contributed by atoms with E-state index < -0.39 is 5.82 Å². The second kappa shape index (κ2) is 9.59. The van der Waals surface area contributed by atoms with E-state index in [1.54, 1.807) is 17.0 Å². The van der Waals surface area contributed by atoms with Gasteiger partial charge in [-0.3, -0.25) is 9.59 Å². The van der Waals surface area contributed by atoms with E-state index in [1.807, 2.05) is 6.92 Å². The quantitative estimate of drug-likeness (QED) is 0.641. The maximum Gasteiger partial charge on any atom is 0.253 e. The number of piperidine rings is 1. The van der Waals surface area contributed by atoms with E-state index in [4.69, 9.17) is 16.3 Å². The van der Waals surface area contributed by atoms with Crippen molar-refractivity contribution in [3.63, 3.8) is 0 Å². The Bertz CT molecular complexity index is 908. The van der Waals surface area contributed by atoms with Gasteiger partial charge in [-0.05, 0) is 72.1 Å². The van der Waals surface area contributed by atoms with Crippen LogP contribution in [0, 0.1) is 11.7 Å². The second-order valence-electron chi connectivity index (χ2n) is 6.78. The van der Waals surface area contributed by atoms with Crippen LogP contribution in [0.1, 0.15) is 30.1 Å². The molecule has 0 aliphatic carbocycles. The van der Waals surface area contributed by atoms with Gasteiger partial charge in [-0.15, -0.1) is 0 Å². The third-order valence-electron chi connectivity index (χ3n) is 4.73. The zero-order valence-corrected chi connectivity index (χ0v) is 18.2. The molecule has 0 aromatic heterocycles. The molecule has 0 radical (unpaired) electrons. The maximum absolute atomic E-state index is 13.1. The molecular formula is C21H21BrClFN2O3. The standard InChI is InChI=1S/C21H21BrClFN2O3/c1-2-29-19-17(22)10-15(23)11-18(19)25-20(27)14-4-3-9-26(12-14)21(28)13-5-7-16(24)8-6-13/h5-8,10-11,14H,2-4,9,12H2,1H3,(H,25,27)/t14-/m0/s1. The molecule has 3 rings (SSSR count). The number of nitrogens with one attached hydrogen (secondary N) is 1. The molecule has 1 N–H and O–H groups in total. The van der Waals surface area contributed by atoms with Gasteiger partial charge in [0.25, 0.3) is 5.91 Å². The number of nitrogens with zero attached hydrogens (tertiary/aromatic N) is 1. The number of anilines is 1. The first-order valence-corrected chi connectivity index (χ1v) is 10.5. The Labute approximate surface area is 182 Å². The van der Waals surface area contributed by atoms with Crippen molar-refractivity contribution in [3.8, 4) is 5.75 Å². The average molecular weight is 484 g/mol. The number of carbonyl (C=O) groups is 2. The average Bonchev–Trinajstić information content (AvgIpc) is 2.70. The summed E-state index contributed by atoms with van der Waals surface area (Å²) in [5.74, 6) is -0.643. The van der Waals surface area contributed by atoms with Crippen LogP contribution in [0.3, 0.4) is 0 Å². The predicted octanol–water partition coefficient (Wildman–Crippen LogP) is 5.13. The van der Waals surface area contributed by atoms with Crippen LogP contribution in [-0.4, -0.2) is 36.4 Å². The topological polar surface area (TPSA) is 58.6 Å². The van der Waals surface area contributed by atoms with Crippen LogP contribution in [0.25, 0.3) is 0 Å². The van der Waals surface area contributed by atoms with E-state index >= 15 is 0 Å². The Hall–Kier alpha value is -2.12. The summed E-state index contributed by atoms with van der Waals surface area (Å²) in [7, 11) is 0. The lowest BCUT2D eigenvalue weighted by Gasteiger charge is -2.32. The predicted molar refractivity (Wildman–Crippen MR) is 114 cm³/mol. The van der Waals surface area contributed by atoms with Gasteiger partial charge in [0.05, 0.1) is 22.7 Å². The fourth-order valence-corrected chi connectivity index (χ4v) is 4.25. The third-order valence-corrected chi connectivity index (χ3v) is 5.53. The number of benzene rings is 2. The smallest absolute Gasteiger partial charge is 0.253 e. The lowest BCUT2D eigenvalue weighted by atomic mass is 9.96. The van der Waals surface area contributed by atoms with Crippen molar-refractivity contribution in [1.82, 2.24) is 4.90 Å². The Balaban J connectivity index is 1.72. The number of halogens is 3. The number of carbonyl (C=O) groups excluding carboxylic acids is 2. The van der Waals surface area contributed by atoms with Gasteiger partial charge in [-0.25, -0.2) is 4.39 Å². The molecule has 8 heteroatoms. The van der Waals surface area contributed by atoms with Crippen molar-refractivity contribution in [1.29, 1.82) is 0 Å². The molecule has 154 valence electrons. The van der Waals surface area contributed by atoms with Crippen LogP contribution < -0.4 is 10.1 Å². The highest BCUT2D eigenvalue weighted by molar-refractivity contribution is 9.10. The molecule has 0 saturated carbocycles. The van der Waals surface area contributed by atoms with Crippen molar-refractivity contribution in [3.05, 3.63) is 57.3 Å². The van der Waals surface area contributed by atoms with E-state index in [-0.39, 0.29) is 17.7 Å². The van der Waals surface area contributed by atoms with Gasteiger partial charge < -0.3 is 15.0 Å². The molecule has 0 unspecified atom stereocenters. The maximum atomic E-state index is 13.1. The van der Waals surface area contributed by atoms with Gasteiger partial charge in [0.1, 0.15) is 5.82 Å². The van der Waals surface area contributed by atoms with Crippen molar-refractivity contribution >= 4 is 45.0 Å². The van der Waals surface area contributed by atoms with E-state index in [1.165, 1.54) is 24.3 Å². The van der Waals surface area contributed by atoms with Crippen LogP contribution in [-0.2, 0) is 4.79 Å². The van der Waals surface area contributed by atoms with Crippen molar-refractivity contribution in [2.45, 2.75) is 19.8 Å². The Morgan fingerprint density at radius 3 is 2.72 bits per heavy atom. The molecule has 1 atom stereocenters. The monoisotopic (exact) mass is 482 g/mol. The van der Waals surface area contributed by atoms with Gasteiger partial charge in [0.2, 0.25) is 5.91 Å². The first kappa shape index (κ1) is 21.6. The number of hydrogen-bond donors (Lipinski definition) is 1. The Morgan fingerprint density at radius 2 is 2.03 bits per heavy atom. The van der Waals surface area contributed by atoms with Crippen LogP contribution in [0.2, 0.25) is 5.02 Å². The zero-order valence-electron chi connectivity index (χ0n) is 15.9. The lowest BCUT2D eigenvalue weighted by molar-refractivity contribution is -0.121. The molecule has 2 amide bonds.